The molecule has 0 spiro atoms. The molecule has 0 fully saturated rings. The summed E-state index contributed by atoms with van der Waals surface area (Å²) in [6.07, 6.45) is 9.85. The summed E-state index contributed by atoms with van der Waals surface area (Å²) in [5.41, 5.74) is 1.94. The molecule has 0 bridgehead atoms. The van der Waals surface area contributed by atoms with E-state index < -0.39 is 10.0 Å². The quantitative estimate of drug-likeness (QED) is 0.634. The van der Waals surface area contributed by atoms with Crippen LogP contribution in [-0.4, -0.2) is 32.5 Å². The molecule has 4 rings (SSSR count). The van der Waals surface area contributed by atoms with E-state index in [0.29, 0.717) is 24.7 Å². The Kier molecular flexibility index (Phi) is 6.82. The van der Waals surface area contributed by atoms with Gasteiger partial charge in [-0.3, -0.25) is 0 Å². The summed E-state index contributed by atoms with van der Waals surface area (Å²) >= 11 is 6.17. The fourth-order valence-corrected chi connectivity index (χ4v) is 6.16. The molecular weight excluding hydrogens is 434 g/mol. The molecule has 0 saturated carbocycles. The van der Waals surface area contributed by atoms with E-state index in [1.54, 1.807) is 16.4 Å². The highest BCUT2D eigenvalue weighted by molar-refractivity contribution is 7.89. The van der Waals surface area contributed by atoms with E-state index in [9.17, 15) is 8.42 Å². The van der Waals surface area contributed by atoms with Crippen molar-refractivity contribution in [1.82, 2.24) is 4.31 Å². The number of hydrogen-bond donors (Lipinski definition) is 0. The molecule has 7 heteroatoms. The summed E-state index contributed by atoms with van der Waals surface area (Å²) in [6.45, 7) is 1.07. The maximum Gasteiger partial charge on any atom is 0.247 e. The van der Waals surface area contributed by atoms with E-state index in [1.165, 1.54) is 13.2 Å². The Hall–Kier alpha value is -2.12. The minimum absolute atomic E-state index is 0.0737. The van der Waals surface area contributed by atoms with Gasteiger partial charge in [0.25, 0.3) is 0 Å². The average Bonchev–Trinajstić information content (AvgIpc) is 2.76. The van der Waals surface area contributed by atoms with Gasteiger partial charge in [0.15, 0.2) is 0 Å². The Bertz CT molecular complexity index is 1100. The molecule has 1 heterocycles. The third-order valence-corrected chi connectivity index (χ3v) is 7.93. The first kappa shape index (κ1) is 22.1. The van der Waals surface area contributed by atoms with Crippen LogP contribution < -0.4 is 4.74 Å². The molecule has 0 amide bonds. The van der Waals surface area contributed by atoms with Gasteiger partial charge in [-0.1, -0.05) is 60.2 Å². The van der Waals surface area contributed by atoms with Gasteiger partial charge >= 0.3 is 0 Å². The molecule has 1 aliphatic carbocycles. The number of benzene rings is 2. The molecule has 1 aliphatic heterocycles. The monoisotopic (exact) mass is 459 g/mol. The largest absolute Gasteiger partial charge is 0.495 e. The van der Waals surface area contributed by atoms with E-state index in [2.05, 4.69) is 12.2 Å². The van der Waals surface area contributed by atoms with Crippen LogP contribution in [0.1, 0.15) is 24.0 Å². The Labute approximate surface area is 189 Å². The molecule has 2 atom stereocenters. The summed E-state index contributed by atoms with van der Waals surface area (Å²) in [5.74, 6) is 0.534. The Morgan fingerprint density at radius 3 is 2.71 bits per heavy atom. The zero-order valence-corrected chi connectivity index (χ0v) is 19.0. The van der Waals surface area contributed by atoms with Crippen LogP contribution in [0.5, 0.6) is 5.75 Å². The van der Waals surface area contributed by atoms with Crippen molar-refractivity contribution in [2.75, 3.05) is 13.7 Å². The van der Waals surface area contributed by atoms with Crippen molar-refractivity contribution in [2.24, 2.45) is 5.92 Å². The minimum Gasteiger partial charge on any atom is -0.495 e. The van der Waals surface area contributed by atoms with Crippen molar-refractivity contribution < 1.29 is 17.9 Å². The Morgan fingerprint density at radius 2 is 1.97 bits per heavy atom. The zero-order chi connectivity index (χ0) is 21.8. The van der Waals surface area contributed by atoms with Gasteiger partial charge in [0.1, 0.15) is 10.6 Å². The second-order valence-corrected chi connectivity index (χ2v) is 10.1. The Balaban J connectivity index is 1.77. The lowest BCUT2D eigenvalue weighted by molar-refractivity contribution is 0.0604. The summed E-state index contributed by atoms with van der Waals surface area (Å²) in [7, 11) is -2.44. The van der Waals surface area contributed by atoms with E-state index in [1.807, 2.05) is 36.4 Å². The van der Waals surface area contributed by atoms with Crippen LogP contribution in [0.15, 0.2) is 71.7 Å². The van der Waals surface area contributed by atoms with Gasteiger partial charge in [0.2, 0.25) is 10.0 Å². The summed E-state index contributed by atoms with van der Waals surface area (Å²) in [5, 5.41) is 0.347. The van der Waals surface area contributed by atoms with Crippen LogP contribution in [0.2, 0.25) is 5.02 Å². The number of methoxy groups -OCH3 is 1. The molecule has 2 aliphatic rings. The van der Waals surface area contributed by atoms with E-state index in [4.69, 9.17) is 21.1 Å². The summed E-state index contributed by atoms with van der Waals surface area (Å²) in [4.78, 5) is 0.0737. The molecule has 2 unspecified atom stereocenters. The lowest BCUT2D eigenvalue weighted by atomic mass is 9.93. The highest BCUT2D eigenvalue weighted by atomic mass is 35.5. The van der Waals surface area contributed by atoms with Gasteiger partial charge in [-0.25, -0.2) is 8.42 Å². The first-order chi connectivity index (χ1) is 15.0. The number of rotatable bonds is 5. The molecule has 0 aromatic heterocycles. The standard InChI is InChI=1S/C24H26ClNO4S/c1-29-23-12-11-21(25)14-24(23)31(27,28)26-15-19-9-5-6-10-20(19)16-30-17-22(26)13-18-7-3-2-4-8-18/h2-7,9-12,14,18,22H,8,13,15-17H2,1H3. The highest BCUT2D eigenvalue weighted by Crippen LogP contribution is 2.34. The molecule has 0 radical (unpaired) electrons. The highest BCUT2D eigenvalue weighted by Gasteiger charge is 2.36. The van der Waals surface area contributed by atoms with Crippen molar-refractivity contribution in [3.05, 3.63) is 82.9 Å². The maximum atomic E-state index is 13.9. The lowest BCUT2D eigenvalue weighted by Gasteiger charge is -2.35. The summed E-state index contributed by atoms with van der Waals surface area (Å²) < 4.78 is 40.8. The van der Waals surface area contributed by atoms with Crippen molar-refractivity contribution >= 4 is 21.6 Å². The summed E-state index contributed by atoms with van der Waals surface area (Å²) in [6, 6.07) is 12.2. The number of hydrogen-bond acceptors (Lipinski definition) is 4. The van der Waals surface area contributed by atoms with E-state index >= 15 is 0 Å². The topological polar surface area (TPSA) is 55.8 Å². The van der Waals surface area contributed by atoms with Gasteiger partial charge in [0, 0.05) is 17.6 Å². The fraction of sp³-hybridized carbons (Fsp3) is 0.333. The van der Waals surface area contributed by atoms with Gasteiger partial charge in [-0.05, 0) is 48.1 Å². The number of ether oxygens (including phenoxy) is 2. The van der Waals surface area contributed by atoms with E-state index in [-0.39, 0.29) is 29.1 Å². The maximum absolute atomic E-state index is 13.9. The molecule has 2 aromatic rings. The van der Waals surface area contributed by atoms with E-state index in [0.717, 1.165) is 17.5 Å². The van der Waals surface area contributed by atoms with Crippen molar-refractivity contribution in [1.29, 1.82) is 0 Å². The first-order valence-corrected chi connectivity index (χ1v) is 12.1. The van der Waals surface area contributed by atoms with Crippen LogP contribution in [-0.2, 0) is 27.9 Å². The van der Waals surface area contributed by atoms with Gasteiger partial charge in [0.05, 0.1) is 20.3 Å². The fourth-order valence-electron chi connectivity index (χ4n) is 4.14. The van der Waals surface area contributed by atoms with Crippen LogP contribution in [0.25, 0.3) is 0 Å². The number of allylic oxidation sites excluding steroid dienone is 4. The third kappa shape index (κ3) is 4.88. The van der Waals surface area contributed by atoms with Crippen molar-refractivity contribution in [3.8, 4) is 5.75 Å². The SMILES string of the molecule is COc1ccc(Cl)cc1S(=O)(=O)N1Cc2ccccc2COCC1CC1C=CC=CC1. The zero-order valence-electron chi connectivity index (χ0n) is 17.4. The van der Waals surface area contributed by atoms with Crippen LogP contribution in [0.3, 0.4) is 0 Å². The first-order valence-electron chi connectivity index (χ1n) is 10.3. The van der Waals surface area contributed by atoms with Crippen LogP contribution in [0.4, 0.5) is 0 Å². The molecule has 0 N–H and O–H groups in total. The second kappa shape index (κ2) is 9.57. The molecule has 2 aromatic carbocycles. The van der Waals surface area contributed by atoms with Gasteiger partial charge in [-0.15, -0.1) is 0 Å². The van der Waals surface area contributed by atoms with Gasteiger partial charge < -0.3 is 9.47 Å². The van der Waals surface area contributed by atoms with Crippen molar-refractivity contribution in [2.45, 2.75) is 36.9 Å². The van der Waals surface area contributed by atoms with Gasteiger partial charge in [-0.2, -0.15) is 4.31 Å². The number of sulfonamides is 1. The smallest absolute Gasteiger partial charge is 0.247 e. The predicted octanol–water partition coefficient (Wildman–Crippen LogP) is 4.96. The number of nitrogens with zero attached hydrogens (tertiary/aromatic N) is 1. The molecular formula is C24H26ClNO4S. The predicted molar refractivity (Wildman–Crippen MR) is 122 cm³/mol. The molecule has 31 heavy (non-hydrogen) atoms. The number of halogens is 1. The van der Waals surface area contributed by atoms with Crippen LogP contribution in [0, 0.1) is 5.92 Å². The number of fused-ring (bicyclic) bond motifs is 1. The Morgan fingerprint density at radius 1 is 1.16 bits per heavy atom. The molecule has 5 nitrogen and oxygen atoms in total. The average molecular weight is 460 g/mol. The van der Waals surface area contributed by atoms with Crippen LogP contribution >= 0.6 is 11.6 Å². The lowest BCUT2D eigenvalue weighted by Crippen LogP contribution is -2.44. The third-order valence-electron chi connectivity index (χ3n) is 5.78. The molecule has 0 saturated heterocycles. The van der Waals surface area contributed by atoms with Crippen molar-refractivity contribution in [3.63, 3.8) is 0 Å². The minimum atomic E-state index is -3.91. The normalized spacial score (nSPS) is 21.9. The second-order valence-electron chi connectivity index (χ2n) is 7.83. The molecule has 164 valence electrons.